The van der Waals surface area contributed by atoms with Gasteiger partial charge in [-0.3, -0.25) is 4.79 Å². The molecule has 1 fully saturated rings. The number of rotatable bonds is 7. The minimum absolute atomic E-state index is 0.0612. The zero-order valence-electron chi connectivity index (χ0n) is 20.5. The second-order valence-electron chi connectivity index (χ2n) is 9.11. The van der Waals surface area contributed by atoms with Gasteiger partial charge in [-0.05, 0) is 68.1 Å². The molecule has 3 aromatic rings. The molecule has 0 unspecified atom stereocenters. The third-order valence-electron chi connectivity index (χ3n) is 6.39. The van der Waals surface area contributed by atoms with Gasteiger partial charge in [-0.1, -0.05) is 17.7 Å². The van der Waals surface area contributed by atoms with Crippen molar-refractivity contribution in [2.24, 2.45) is 0 Å². The van der Waals surface area contributed by atoms with Gasteiger partial charge in [0.2, 0.25) is 0 Å². The highest BCUT2D eigenvalue weighted by atomic mass is 35.5. The van der Waals surface area contributed by atoms with Gasteiger partial charge in [0, 0.05) is 18.7 Å². The van der Waals surface area contributed by atoms with Crippen LogP contribution in [0.3, 0.4) is 0 Å². The third-order valence-corrected chi connectivity index (χ3v) is 6.88. The number of imide groups is 1. The fraction of sp³-hybridized carbons (Fsp3) is 0.259. The lowest BCUT2D eigenvalue weighted by Gasteiger charge is -2.27. The number of urea groups is 1. The van der Waals surface area contributed by atoms with Crippen LogP contribution >= 0.6 is 11.6 Å². The van der Waals surface area contributed by atoms with Crippen molar-refractivity contribution in [3.05, 3.63) is 82.0 Å². The van der Waals surface area contributed by atoms with E-state index in [1.165, 1.54) is 35.5 Å². The zero-order chi connectivity index (χ0) is 26.9. The van der Waals surface area contributed by atoms with E-state index in [9.17, 15) is 24.4 Å². The van der Waals surface area contributed by atoms with Gasteiger partial charge in [-0.15, -0.1) is 0 Å². The molecule has 190 valence electrons. The Labute approximate surface area is 218 Å². The predicted molar refractivity (Wildman–Crippen MR) is 135 cm³/mol. The highest BCUT2D eigenvalue weighted by Gasteiger charge is 2.51. The van der Waals surface area contributed by atoms with Crippen molar-refractivity contribution in [3.63, 3.8) is 0 Å². The van der Waals surface area contributed by atoms with Crippen molar-refractivity contribution >= 4 is 29.2 Å². The maximum Gasteiger partial charge on any atom is 0.332 e. The topological polar surface area (TPSA) is 101 Å². The predicted octanol–water partition coefficient (Wildman–Crippen LogP) is 4.98. The molecular formula is C27H24ClFN4O4. The summed E-state index contributed by atoms with van der Waals surface area (Å²) in [6, 6.07) is 12.2. The Hall–Kier alpha value is -4.16. The molecule has 1 aliphatic rings. The lowest BCUT2D eigenvalue weighted by Crippen LogP contribution is -2.44. The fourth-order valence-electron chi connectivity index (χ4n) is 4.23. The Morgan fingerprint density at radius 2 is 1.84 bits per heavy atom. The molecule has 1 saturated heterocycles. The van der Waals surface area contributed by atoms with Crippen LogP contribution in [0.1, 0.15) is 31.4 Å². The van der Waals surface area contributed by atoms with Crippen LogP contribution in [0.5, 0.6) is 5.75 Å². The average Bonchev–Trinajstić information content (AvgIpc) is 3.03. The number of aromatic nitrogens is 1. The minimum Gasteiger partial charge on any atom is -0.619 e. The van der Waals surface area contributed by atoms with Crippen LogP contribution in [-0.4, -0.2) is 35.5 Å². The number of nitrogens with zero attached hydrogens (tertiary/aromatic N) is 4. The van der Waals surface area contributed by atoms with E-state index in [1.807, 2.05) is 6.07 Å². The number of carbonyl (C=O) groups excluding carboxylic acids is 2. The quantitative estimate of drug-likeness (QED) is 0.189. The van der Waals surface area contributed by atoms with Crippen LogP contribution in [0.4, 0.5) is 14.9 Å². The second kappa shape index (κ2) is 10.1. The van der Waals surface area contributed by atoms with Crippen LogP contribution in [0.25, 0.3) is 11.1 Å². The monoisotopic (exact) mass is 522 g/mol. The summed E-state index contributed by atoms with van der Waals surface area (Å²) >= 11 is 6.26. The summed E-state index contributed by atoms with van der Waals surface area (Å²) in [7, 11) is 0. The molecule has 8 nitrogen and oxygen atoms in total. The number of pyridine rings is 1. The van der Waals surface area contributed by atoms with E-state index in [-0.39, 0.29) is 29.5 Å². The number of hydrogen-bond donors (Lipinski definition) is 0. The molecule has 3 amide bonds. The van der Waals surface area contributed by atoms with E-state index in [1.54, 1.807) is 45.0 Å². The Balaban J connectivity index is 1.42. The Morgan fingerprint density at radius 3 is 2.49 bits per heavy atom. The maximum absolute atomic E-state index is 14.6. The van der Waals surface area contributed by atoms with Gasteiger partial charge in [0.1, 0.15) is 11.6 Å². The Bertz CT molecular complexity index is 1420. The van der Waals surface area contributed by atoms with Crippen LogP contribution in [0.15, 0.2) is 54.9 Å². The smallest absolute Gasteiger partial charge is 0.332 e. The first-order chi connectivity index (χ1) is 17.6. The summed E-state index contributed by atoms with van der Waals surface area (Å²) in [6.07, 6.45) is 3.02. The number of amides is 3. The molecule has 10 heteroatoms. The summed E-state index contributed by atoms with van der Waals surface area (Å²) in [6.45, 7) is 5.29. The first-order valence-electron chi connectivity index (χ1n) is 11.5. The van der Waals surface area contributed by atoms with Gasteiger partial charge in [0.25, 0.3) is 5.91 Å². The standard InChI is InChI=1S/C27H24ClFN4O4/c1-17-22(7-5-20(16-30)24(17)28)33-25(34)27(2,3)32(26(33)35)11-4-14-37-23-8-6-19(15-21(23)29)18-9-12-31(36)13-10-18/h5-10,12-13,15H,4,11,14H2,1-3H3. The van der Waals surface area contributed by atoms with Gasteiger partial charge >= 0.3 is 6.03 Å². The number of ether oxygens (including phenoxy) is 1. The van der Waals surface area contributed by atoms with E-state index in [4.69, 9.17) is 16.3 Å². The van der Waals surface area contributed by atoms with E-state index >= 15 is 0 Å². The van der Waals surface area contributed by atoms with Crippen molar-refractivity contribution < 1.29 is 23.4 Å². The van der Waals surface area contributed by atoms with Crippen LogP contribution in [0, 0.1) is 29.3 Å². The van der Waals surface area contributed by atoms with Crippen LogP contribution in [-0.2, 0) is 4.79 Å². The molecule has 1 aliphatic heterocycles. The van der Waals surface area contributed by atoms with Gasteiger partial charge in [-0.2, -0.15) is 9.99 Å². The number of benzene rings is 2. The van der Waals surface area contributed by atoms with Gasteiger partial charge in [-0.25, -0.2) is 14.1 Å². The van der Waals surface area contributed by atoms with Crippen LogP contribution in [0.2, 0.25) is 5.02 Å². The number of hydrogen-bond acceptors (Lipinski definition) is 5. The van der Waals surface area contributed by atoms with Gasteiger partial charge in [0.05, 0.1) is 22.9 Å². The summed E-state index contributed by atoms with van der Waals surface area (Å²) < 4.78 is 20.8. The summed E-state index contributed by atoms with van der Waals surface area (Å²) in [4.78, 5) is 29.0. The molecular weight excluding hydrogens is 499 g/mol. The first kappa shape index (κ1) is 25.9. The minimum atomic E-state index is -1.12. The Morgan fingerprint density at radius 1 is 1.14 bits per heavy atom. The molecule has 37 heavy (non-hydrogen) atoms. The van der Waals surface area contributed by atoms with Gasteiger partial charge in [0.15, 0.2) is 24.0 Å². The largest absolute Gasteiger partial charge is 0.619 e. The molecule has 4 rings (SSSR count). The number of carbonyl (C=O) groups is 2. The molecule has 0 bridgehead atoms. The lowest BCUT2D eigenvalue weighted by molar-refractivity contribution is -0.605. The van der Waals surface area contributed by atoms with Crippen molar-refractivity contribution in [1.29, 1.82) is 5.26 Å². The molecule has 0 aliphatic carbocycles. The molecule has 0 radical (unpaired) electrons. The van der Waals surface area contributed by atoms with Crippen molar-refractivity contribution in [1.82, 2.24) is 4.90 Å². The van der Waals surface area contributed by atoms with Crippen molar-refractivity contribution in [2.45, 2.75) is 32.7 Å². The van der Waals surface area contributed by atoms with E-state index in [2.05, 4.69) is 0 Å². The molecule has 0 N–H and O–H groups in total. The third kappa shape index (κ3) is 4.80. The van der Waals surface area contributed by atoms with Crippen molar-refractivity contribution in [3.8, 4) is 22.9 Å². The average molecular weight is 523 g/mol. The molecule has 1 aromatic heterocycles. The zero-order valence-corrected chi connectivity index (χ0v) is 21.3. The van der Waals surface area contributed by atoms with E-state index < -0.39 is 23.3 Å². The second-order valence-corrected chi connectivity index (χ2v) is 9.49. The summed E-state index contributed by atoms with van der Waals surface area (Å²) in [5, 5.41) is 20.6. The fourth-order valence-corrected chi connectivity index (χ4v) is 4.44. The molecule has 2 aromatic carbocycles. The summed E-state index contributed by atoms with van der Waals surface area (Å²) in [5.74, 6) is -0.901. The first-order valence-corrected chi connectivity index (χ1v) is 11.9. The Kier molecular flexibility index (Phi) is 7.05. The van der Waals surface area contributed by atoms with Gasteiger partial charge < -0.3 is 14.8 Å². The van der Waals surface area contributed by atoms with Crippen LogP contribution < -0.4 is 14.4 Å². The highest BCUT2D eigenvalue weighted by molar-refractivity contribution is 6.33. The number of nitriles is 1. The lowest BCUT2D eigenvalue weighted by atomic mass is 10.0. The number of halogens is 2. The maximum atomic E-state index is 14.6. The normalized spacial score (nSPS) is 14.7. The van der Waals surface area contributed by atoms with E-state index in [0.29, 0.717) is 33.5 Å². The number of anilines is 1. The summed E-state index contributed by atoms with van der Waals surface area (Å²) in [5.41, 5.74) is 1.23. The molecule has 0 atom stereocenters. The molecule has 0 spiro atoms. The molecule has 2 heterocycles. The highest BCUT2D eigenvalue weighted by Crippen LogP contribution is 2.37. The van der Waals surface area contributed by atoms with Crippen molar-refractivity contribution in [2.75, 3.05) is 18.1 Å². The van der Waals surface area contributed by atoms with E-state index in [0.717, 1.165) is 4.90 Å². The SMILES string of the molecule is Cc1c(N2C(=O)N(CCCOc3ccc(-c4cc[n+]([O-])cc4)cc3F)C(C)(C)C2=O)ccc(C#N)c1Cl. The molecule has 0 saturated carbocycles.